The molecule has 0 saturated heterocycles. The lowest BCUT2D eigenvalue weighted by Crippen LogP contribution is -2.50. The summed E-state index contributed by atoms with van der Waals surface area (Å²) >= 11 is 0. The molecule has 0 spiro atoms. The molecule has 0 saturated carbocycles. The highest BCUT2D eigenvalue weighted by molar-refractivity contribution is 5.79. The number of isocyanates is 1. The fourth-order valence-corrected chi connectivity index (χ4v) is 0.499. The van der Waals surface area contributed by atoms with Gasteiger partial charge >= 0.3 is 5.97 Å². The van der Waals surface area contributed by atoms with E-state index in [-0.39, 0.29) is 0 Å². The third kappa shape index (κ3) is 1.86. The first-order valence-corrected chi connectivity index (χ1v) is 3.06. The van der Waals surface area contributed by atoms with Crippen molar-refractivity contribution in [1.82, 2.24) is 0 Å². The molecule has 0 aliphatic carbocycles. The minimum Gasteiger partial charge on any atom is -0.478 e. The average Bonchev–Trinajstić information content (AvgIpc) is 1.87. The summed E-state index contributed by atoms with van der Waals surface area (Å²) in [5.41, 5.74) is 3.43. The van der Waals surface area contributed by atoms with Crippen LogP contribution in [0.1, 0.15) is 13.8 Å². The number of nitrogens with two attached hydrogens (primary N) is 1. The van der Waals surface area contributed by atoms with Gasteiger partial charge in [-0.1, -0.05) is 13.8 Å². The molecule has 0 aliphatic heterocycles. The maximum absolute atomic E-state index is 10.5. The van der Waals surface area contributed by atoms with E-state index in [9.17, 15) is 9.59 Å². The Morgan fingerprint density at radius 3 is 2.27 bits per heavy atom. The Bertz CT molecular complexity index is 204. The number of carbonyl (C=O) groups excluding carboxylic acids is 1. The summed E-state index contributed by atoms with van der Waals surface area (Å²) in [6.45, 7) is 3.13. The van der Waals surface area contributed by atoms with Crippen LogP contribution in [0.4, 0.5) is 0 Å². The first-order valence-electron chi connectivity index (χ1n) is 3.06. The topological polar surface area (TPSA) is 92.8 Å². The maximum Gasteiger partial charge on any atom is 0.347 e. The van der Waals surface area contributed by atoms with Crippen LogP contribution in [0.2, 0.25) is 0 Å². The number of rotatable bonds is 3. The van der Waals surface area contributed by atoms with Crippen molar-refractivity contribution in [2.45, 2.75) is 19.5 Å². The zero-order valence-electron chi connectivity index (χ0n) is 6.37. The van der Waals surface area contributed by atoms with Crippen LogP contribution >= 0.6 is 0 Å². The van der Waals surface area contributed by atoms with Gasteiger partial charge in [-0.15, -0.1) is 0 Å². The SMILES string of the molecule is CC(C)[C@](N)(N=C=O)C(=O)O. The Balaban J connectivity index is 4.81. The van der Waals surface area contributed by atoms with Gasteiger partial charge in [0.2, 0.25) is 11.7 Å². The third-order valence-corrected chi connectivity index (χ3v) is 1.45. The molecule has 1 atom stereocenters. The first kappa shape index (κ1) is 9.81. The van der Waals surface area contributed by atoms with Gasteiger partial charge in [0.25, 0.3) is 0 Å². The van der Waals surface area contributed by atoms with Gasteiger partial charge in [0.15, 0.2) is 0 Å². The van der Waals surface area contributed by atoms with Gasteiger partial charge in [-0.25, -0.2) is 9.59 Å². The molecule has 0 bridgehead atoms. The van der Waals surface area contributed by atoms with Gasteiger partial charge in [0.05, 0.1) is 0 Å². The summed E-state index contributed by atoms with van der Waals surface area (Å²) < 4.78 is 0. The van der Waals surface area contributed by atoms with E-state index in [0.717, 1.165) is 6.08 Å². The molecule has 5 nitrogen and oxygen atoms in total. The molecule has 3 N–H and O–H groups in total. The van der Waals surface area contributed by atoms with Crippen molar-refractivity contribution >= 4 is 12.0 Å². The monoisotopic (exact) mass is 158 g/mol. The summed E-state index contributed by atoms with van der Waals surface area (Å²) in [5.74, 6) is -1.77. The first-order chi connectivity index (χ1) is 4.95. The van der Waals surface area contributed by atoms with E-state index in [0.29, 0.717) is 0 Å². The zero-order valence-corrected chi connectivity index (χ0v) is 6.37. The normalized spacial score (nSPS) is 15.3. The molecular weight excluding hydrogens is 148 g/mol. The van der Waals surface area contributed by atoms with E-state index in [1.54, 1.807) is 13.8 Å². The minimum atomic E-state index is -1.83. The van der Waals surface area contributed by atoms with Gasteiger partial charge in [0, 0.05) is 5.92 Å². The van der Waals surface area contributed by atoms with Crippen LogP contribution in [-0.4, -0.2) is 22.8 Å². The van der Waals surface area contributed by atoms with Crippen LogP contribution in [0.25, 0.3) is 0 Å². The van der Waals surface area contributed by atoms with E-state index >= 15 is 0 Å². The Hall–Kier alpha value is -1.19. The van der Waals surface area contributed by atoms with Crippen LogP contribution < -0.4 is 5.73 Å². The number of aliphatic carboxylic acids is 1. The van der Waals surface area contributed by atoms with Crippen molar-refractivity contribution < 1.29 is 14.7 Å². The lowest BCUT2D eigenvalue weighted by molar-refractivity contribution is -0.144. The fraction of sp³-hybridized carbons (Fsp3) is 0.667. The number of carbonyl (C=O) groups is 1. The standard InChI is InChI=1S/C6H10N2O3/c1-4(2)6(7,5(10)11)8-3-9/h4H,7H2,1-2H3,(H,10,11)/t6-/m0/s1. The van der Waals surface area contributed by atoms with E-state index in [1.807, 2.05) is 0 Å². The molecule has 0 aromatic heterocycles. The second kappa shape index (κ2) is 3.27. The third-order valence-electron chi connectivity index (χ3n) is 1.45. The van der Waals surface area contributed by atoms with Crippen LogP contribution in [0, 0.1) is 5.92 Å². The summed E-state index contributed by atoms with van der Waals surface area (Å²) in [5, 5.41) is 8.54. The van der Waals surface area contributed by atoms with Gasteiger partial charge in [-0.2, -0.15) is 4.99 Å². The summed E-state index contributed by atoms with van der Waals surface area (Å²) in [6.07, 6.45) is 1.14. The second-order valence-electron chi connectivity index (χ2n) is 2.49. The van der Waals surface area contributed by atoms with Crippen molar-refractivity contribution in [2.24, 2.45) is 16.6 Å². The van der Waals surface area contributed by atoms with Crippen molar-refractivity contribution in [3.63, 3.8) is 0 Å². The van der Waals surface area contributed by atoms with Crippen molar-refractivity contribution in [3.8, 4) is 0 Å². The summed E-state index contributed by atoms with van der Waals surface area (Å²) in [7, 11) is 0. The molecule has 11 heavy (non-hydrogen) atoms. The maximum atomic E-state index is 10.5. The number of aliphatic imine (C=N–C) groups is 1. The van der Waals surface area contributed by atoms with Crippen LogP contribution in [0.15, 0.2) is 4.99 Å². The number of carboxylic acids is 1. The largest absolute Gasteiger partial charge is 0.478 e. The molecule has 62 valence electrons. The molecule has 0 heterocycles. The van der Waals surface area contributed by atoms with Gasteiger partial charge in [0.1, 0.15) is 0 Å². The molecule has 5 heteroatoms. The summed E-state index contributed by atoms with van der Waals surface area (Å²) in [4.78, 5) is 23.3. The summed E-state index contributed by atoms with van der Waals surface area (Å²) in [6, 6.07) is 0. The Morgan fingerprint density at radius 1 is 1.73 bits per heavy atom. The minimum absolute atomic E-state index is 0.443. The predicted molar refractivity (Wildman–Crippen MR) is 37.5 cm³/mol. The number of hydrogen-bond donors (Lipinski definition) is 2. The highest BCUT2D eigenvalue weighted by Gasteiger charge is 2.37. The Kier molecular flexibility index (Phi) is 2.92. The molecule has 0 fully saturated rings. The van der Waals surface area contributed by atoms with Crippen molar-refractivity contribution in [2.75, 3.05) is 0 Å². The lowest BCUT2D eigenvalue weighted by Gasteiger charge is -2.21. The Morgan fingerprint density at radius 2 is 2.18 bits per heavy atom. The Labute approximate surface area is 63.9 Å². The molecule has 0 aliphatic rings. The van der Waals surface area contributed by atoms with E-state index in [4.69, 9.17) is 10.8 Å². The van der Waals surface area contributed by atoms with Crippen LogP contribution in [-0.2, 0) is 9.59 Å². The van der Waals surface area contributed by atoms with E-state index in [2.05, 4.69) is 4.99 Å². The molecule has 0 unspecified atom stereocenters. The van der Waals surface area contributed by atoms with Crippen molar-refractivity contribution in [1.29, 1.82) is 0 Å². The second-order valence-corrected chi connectivity index (χ2v) is 2.49. The van der Waals surface area contributed by atoms with Gasteiger partial charge in [-0.05, 0) is 0 Å². The van der Waals surface area contributed by atoms with Crippen molar-refractivity contribution in [3.05, 3.63) is 0 Å². The molecule has 0 amide bonds. The number of carboxylic acid groups (broad SMARTS) is 1. The molecule has 0 rings (SSSR count). The average molecular weight is 158 g/mol. The van der Waals surface area contributed by atoms with E-state index < -0.39 is 17.6 Å². The predicted octanol–water partition coefficient (Wildman–Crippen LogP) is -0.282. The number of hydrogen-bond acceptors (Lipinski definition) is 4. The smallest absolute Gasteiger partial charge is 0.347 e. The highest BCUT2D eigenvalue weighted by atomic mass is 16.4. The van der Waals surface area contributed by atoms with Crippen LogP contribution in [0.3, 0.4) is 0 Å². The van der Waals surface area contributed by atoms with Crippen LogP contribution in [0.5, 0.6) is 0 Å². The molecular formula is C6H10N2O3. The van der Waals surface area contributed by atoms with Gasteiger partial charge in [-0.3, -0.25) is 5.73 Å². The highest BCUT2D eigenvalue weighted by Crippen LogP contribution is 2.14. The zero-order chi connectivity index (χ0) is 9.07. The quantitative estimate of drug-likeness (QED) is 0.436. The molecule has 0 aromatic rings. The molecule has 0 aromatic carbocycles. The molecule has 0 radical (unpaired) electrons. The fourth-order valence-electron chi connectivity index (χ4n) is 0.499. The van der Waals surface area contributed by atoms with Gasteiger partial charge < -0.3 is 5.11 Å². The number of nitrogens with zero attached hydrogens (tertiary/aromatic N) is 1. The lowest BCUT2D eigenvalue weighted by atomic mass is 9.98. The van der Waals surface area contributed by atoms with E-state index in [1.165, 1.54) is 0 Å².